The van der Waals surface area contributed by atoms with Gasteiger partial charge in [-0.05, 0) is 43.5 Å². The highest BCUT2D eigenvalue weighted by atomic mass is 32.2. The van der Waals surface area contributed by atoms with Crippen LogP contribution in [-0.2, 0) is 14.8 Å². The van der Waals surface area contributed by atoms with Gasteiger partial charge in [0.2, 0.25) is 10.0 Å². The van der Waals surface area contributed by atoms with Gasteiger partial charge in [0.1, 0.15) is 11.8 Å². The van der Waals surface area contributed by atoms with Crippen LogP contribution in [0.15, 0.2) is 29.2 Å². The molecule has 0 heterocycles. The van der Waals surface area contributed by atoms with Gasteiger partial charge in [0, 0.05) is 0 Å². The van der Waals surface area contributed by atoms with E-state index in [9.17, 15) is 13.2 Å². The Labute approximate surface area is 125 Å². The summed E-state index contributed by atoms with van der Waals surface area (Å²) in [6, 6.07) is 4.72. The first-order valence-electron chi connectivity index (χ1n) is 6.74. The van der Waals surface area contributed by atoms with Gasteiger partial charge in [-0.3, -0.25) is 4.79 Å². The van der Waals surface area contributed by atoms with Crippen LogP contribution in [0.1, 0.15) is 27.2 Å². The number of sulfonamides is 1. The summed E-state index contributed by atoms with van der Waals surface area (Å²) in [5, 5.41) is 9.10. The van der Waals surface area contributed by atoms with Gasteiger partial charge >= 0.3 is 5.97 Å². The highest BCUT2D eigenvalue weighted by molar-refractivity contribution is 7.89. The normalized spacial score (nSPS) is 13.1. The molecule has 0 saturated heterocycles. The second kappa shape index (κ2) is 7.42. The highest BCUT2D eigenvalue weighted by Gasteiger charge is 2.26. The summed E-state index contributed by atoms with van der Waals surface area (Å²) in [4.78, 5) is 11.2. The molecule has 7 heteroatoms. The Hall–Kier alpha value is -1.60. The van der Waals surface area contributed by atoms with Crippen molar-refractivity contribution in [2.24, 2.45) is 5.92 Å². The quantitative estimate of drug-likeness (QED) is 0.764. The van der Waals surface area contributed by atoms with Gasteiger partial charge in [-0.25, -0.2) is 8.42 Å². The van der Waals surface area contributed by atoms with Gasteiger partial charge in [0.25, 0.3) is 0 Å². The van der Waals surface area contributed by atoms with Crippen molar-refractivity contribution in [3.8, 4) is 5.75 Å². The third-order valence-corrected chi connectivity index (χ3v) is 4.24. The number of ether oxygens (including phenoxy) is 1. The fourth-order valence-electron chi connectivity index (χ4n) is 1.81. The molecule has 118 valence electrons. The number of carbonyl (C=O) groups is 1. The van der Waals surface area contributed by atoms with Crippen LogP contribution in [0.25, 0.3) is 0 Å². The Kier molecular flexibility index (Phi) is 6.17. The molecular formula is C14H21NO5S. The van der Waals surface area contributed by atoms with Crippen molar-refractivity contribution in [2.75, 3.05) is 6.61 Å². The minimum atomic E-state index is -3.87. The molecule has 1 aromatic rings. The van der Waals surface area contributed by atoms with E-state index in [0.717, 1.165) is 0 Å². The van der Waals surface area contributed by atoms with Gasteiger partial charge in [-0.15, -0.1) is 0 Å². The number of benzene rings is 1. The Morgan fingerprint density at radius 2 is 1.86 bits per heavy atom. The molecule has 0 spiro atoms. The lowest BCUT2D eigenvalue weighted by Crippen LogP contribution is -2.41. The molecule has 0 aromatic heterocycles. The van der Waals surface area contributed by atoms with Crippen molar-refractivity contribution >= 4 is 16.0 Å². The number of carboxylic acid groups (broad SMARTS) is 1. The minimum absolute atomic E-state index is 0.0148. The first-order valence-corrected chi connectivity index (χ1v) is 8.22. The lowest BCUT2D eigenvalue weighted by Gasteiger charge is -2.16. The van der Waals surface area contributed by atoms with Crippen LogP contribution < -0.4 is 9.46 Å². The van der Waals surface area contributed by atoms with Crippen LogP contribution in [0.3, 0.4) is 0 Å². The van der Waals surface area contributed by atoms with E-state index in [-0.39, 0.29) is 17.2 Å². The number of carboxylic acids is 1. The molecule has 0 fully saturated rings. The smallest absolute Gasteiger partial charge is 0.321 e. The highest BCUT2D eigenvalue weighted by Crippen LogP contribution is 2.17. The van der Waals surface area contributed by atoms with E-state index in [1.165, 1.54) is 24.3 Å². The van der Waals surface area contributed by atoms with Crippen LogP contribution in [0.5, 0.6) is 5.75 Å². The van der Waals surface area contributed by atoms with Crippen LogP contribution in [0, 0.1) is 5.92 Å². The second-order valence-corrected chi connectivity index (χ2v) is 6.76. The van der Waals surface area contributed by atoms with Crippen molar-refractivity contribution in [1.82, 2.24) is 4.72 Å². The molecule has 0 aliphatic carbocycles. The Bertz CT molecular complexity index is 566. The topological polar surface area (TPSA) is 92.7 Å². The molecule has 2 N–H and O–H groups in total. The number of hydrogen-bond acceptors (Lipinski definition) is 4. The molecule has 1 rings (SSSR count). The summed E-state index contributed by atoms with van der Waals surface area (Å²) in [6.07, 6.45) is 0.228. The van der Waals surface area contributed by atoms with E-state index in [2.05, 4.69) is 4.72 Å². The standard InChI is InChI=1S/C14H21NO5S/c1-4-20-11-5-7-12(8-6-11)21(18,19)15-13(14(16)17)9-10(2)3/h5-8,10,13,15H,4,9H2,1-3H3,(H,16,17)/t13-/m1/s1. The van der Waals surface area contributed by atoms with Gasteiger partial charge in [0.05, 0.1) is 11.5 Å². The lowest BCUT2D eigenvalue weighted by molar-refractivity contribution is -0.139. The maximum Gasteiger partial charge on any atom is 0.321 e. The van der Waals surface area contributed by atoms with Gasteiger partial charge in [0.15, 0.2) is 0 Å². The third kappa shape index (κ3) is 5.35. The summed E-state index contributed by atoms with van der Waals surface area (Å²) in [5.41, 5.74) is 0. The largest absolute Gasteiger partial charge is 0.494 e. The molecule has 1 aromatic carbocycles. The van der Waals surface area contributed by atoms with Crippen molar-refractivity contribution in [3.63, 3.8) is 0 Å². The third-order valence-electron chi connectivity index (χ3n) is 2.75. The zero-order valence-corrected chi connectivity index (χ0v) is 13.2. The van der Waals surface area contributed by atoms with E-state index in [4.69, 9.17) is 9.84 Å². The Morgan fingerprint density at radius 3 is 2.29 bits per heavy atom. The van der Waals surface area contributed by atoms with Crippen molar-refractivity contribution in [3.05, 3.63) is 24.3 Å². The van der Waals surface area contributed by atoms with Gasteiger partial charge < -0.3 is 9.84 Å². The molecule has 0 aliphatic rings. The van der Waals surface area contributed by atoms with Crippen LogP contribution in [0.4, 0.5) is 0 Å². The minimum Gasteiger partial charge on any atom is -0.494 e. The fraction of sp³-hybridized carbons (Fsp3) is 0.500. The maximum atomic E-state index is 12.2. The first kappa shape index (κ1) is 17.5. The zero-order valence-electron chi connectivity index (χ0n) is 12.4. The molecule has 21 heavy (non-hydrogen) atoms. The molecule has 0 bridgehead atoms. The second-order valence-electron chi connectivity index (χ2n) is 5.05. The summed E-state index contributed by atoms with van der Waals surface area (Å²) in [6.45, 7) is 5.98. The first-order chi connectivity index (χ1) is 9.76. The SMILES string of the molecule is CCOc1ccc(S(=O)(=O)N[C@H](CC(C)C)C(=O)O)cc1. The molecule has 0 saturated carbocycles. The Morgan fingerprint density at radius 1 is 1.29 bits per heavy atom. The monoisotopic (exact) mass is 315 g/mol. The Balaban J connectivity index is 2.91. The maximum absolute atomic E-state index is 12.2. The van der Waals surface area contributed by atoms with E-state index in [1.807, 2.05) is 20.8 Å². The molecule has 6 nitrogen and oxygen atoms in total. The molecule has 0 radical (unpaired) electrons. The van der Waals surface area contributed by atoms with E-state index < -0.39 is 22.0 Å². The number of nitrogens with one attached hydrogen (secondary N) is 1. The number of aliphatic carboxylic acids is 1. The van der Waals surface area contributed by atoms with Crippen LogP contribution >= 0.6 is 0 Å². The van der Waals surface area contributed by atoms with Crippen molar-refractivity contribution in [1.29, 1.82) is 0 Å². The van der Waals surface area contributed by atoms with Gasteiger partial charge in [-0.1, -0.05) is 13.8 Å². The lowest BCUT2D eigenvalue weighted by atomic mass is 10.1. The number of rotatable bonds is 8. The molecular weight excluding hydrogens is 294 g/mol. The molecule has 0 unspecified atom stereocenters. The average molecular weight is 315 g/mol. The van der Waals surface area contributed by atoms with Crippen LogP contribution in [-0.4, -0.2) is 32.1 Å². The number of hydrogen-bond donors (Lipinski definition) is 2. The fourth-order valence-corrected chi connectivity index (χ4v) is 3.01. The predicted molar refractivity (Wildman–Crippen MR) is 78.8 cm³/mol. The van der Waals surface area contributed by atoms with E-state index in [0.29, 0.717) is 12.4 Å². The van der Waals surface area contributed by atoms with Crippen molar-refractivity contribution in [2.45, 2.75) is 38.1 Å². The van der Waals surface area contributed by atoms with Crippen molar-refractivity contribution < 1.29 is 23.1 Å². The summed E-state index contributed by atoms with van der Waals surface area (Å²) in [7, 11) is -3.87. The molecule has 0 aliphatic heterocycles. The summed E-state index contributed by atoms with van der Waals surface area (Å²) >= 11 is 0. The van der Waals surface area contributed by atoms with Gasteiger partial charge in [-0.2, -0.15) is 4.72 Å². The summed E-state index contributed by atoms with van der Waals surface area (Å²) in [5.74, 6) is -0.555. The van der Waals surface area contributed by atoms with E-state index in [1.54, 1.807) is 0 Å². The van der Waals surface area contributed by atoms with E-state index >= 15 is 0 Å². The van der Waals surface area contributed by atoms with Crippen LogP contribution in [0.2, 0.25) is 0 Å². The molecule has 0 amide bonds. The predicted octanol–water partition coefficient (Wildman–Crippen LogP) is 1.86. The zero-order chi connectivity index (χ0) is 16.0. The summed E-state index contributed by atoms with van der Waals surface area (Å²) < 4.78 is 31.8. The molecule has 1 atom stereocenters. The average Bonchev–Trinajstić information content (AvgIpc) is 2.38.